The highest BCUT2D eigenvalue weighted by atomic mass is 35.5. The van der Waals surface area contributed by atoms with Crippen LogP contribution in [0.4, 0.5) is 18.9 Å². The van der Waals surface area contributed by atoms with E-state index in [0.29, 0.717) is 28.2 Å². The van der Waals surface area contributed by atoms with E-state index in [1.54, 1.807) is 36.5 Å². The number of halogens is 4. The van der Waals surface area contributed by atoms with Gasteiger partial charge in [0.1, 0.15) is 22.1 Å². The molecule has 0 aliphatic rings. The van der Waals surface area contributed by atoms with Gasteiger partial charge in [-0.15, -0.1) is 11.3 Å². The first-order valence-corrected chi connectivity index (χ1v) is 11.4. The SMILES string of the molecule is Cc1c(F)c(F)cc(C(=O)Nc2cccc(-c3ncnc4sc(-c5ccnc(Cl)c5)cc34)c2)c1F. The Kier molecular flexibility index (Phi) is 5.96. The second-order valence-corrected chi connectivity index (χ2v) is 9.03. The lowest BCUT2D eigenvalue weighted by molar-refractivity contribution is 0.102. The van der Waals surface area contributed by atoms with Crippen LogP contribution in [0.15, 0.2) is 61.1 Å². The zero-order valence-corrected chi connectivity index (χ0v) is 19.5. The highest BCUT2D eigenvalue weighted by Crippen LogP contribution is 2.37. The van der Waals surface area contributed by atoms with Crippen molar-refractivity contribution >= 4 is 44.7 Å². The molecule has 35 heavy (non-hydrogen) atoms. The van der Waals surface area contributed by atoms with Crippen LogP contribution in [0.1, 0.15) is 15.9 Å². The Morgan fingerprint density at radius 3 is 2.60 bits per heavy atom. The average molecular weight is 511 g/mol. The third kappa shape index (κ3) is 4.36. The molecule has 0 bridgehead atoms. The van der Waals surface area contributed by atoms with Gasteiger partial charge in [0.15, 0.2) is 11.6 Å². The van der Waals surface area contributed by atoms with Crippen molar-refractivity contribution in [3.63, 3.8) is 0 Å². The summed E-state index contributed by atoms with van der Waals surface area (Å²) in [5.74, 6) is -4.63. The summed E-state index contributed by atoms with van der Waals surface area (Å²) in [4.78, 5) is 27.1. The number of nitrogens with one attached hydrogen (secondary N) is 1. The molecular weight excluding hydrogens is 497 g/mol. The van der Waals surface area contributed by atoms with E-state index in [4.69, 9.17) is 11.6 Å². The number of rotatable bonds is 4. The van der Waals surface area contributed by atoms with Crippen LogP contribution in [0.2, 0.25) is 5.15 Å². The standard InChI is InChI=1S/C25H14ClF3N4OS/c1-12-21(28)16(9-18(27)22(12)29)24(34)33-15-4-2-3-14(7-15)23-17-10-19(35-25(17)32-11-31-23)13-5-6-30-20(26)8-13/h2-11H,1H3,(H,33,34). The van der Waals surface area contributed by atoms with Crippen LogP contribution in [-0.4, -0.2) is 20.9 Å². The van der Waals surface area contributed by atoms with E-state index in [1.807, 2.05) is 12.1 Å². The molecule has 0 atom stereocenters. The van der Waals surface area contributed by atoms with Crippen LogP contribution in [0.3, 0.4) is 0 Å². The van der Waals surface area contributed by atoms with Crippen molar-refractivity contribution in [2.45, 2.75) is 6.92 Å². The molecule has 2 aromatic carbocycles. The van der Waals surface area contributed by atoms with Crippen molar-refractivity contribution in [2.75, 3.05) is 5.32 Å². The van der Waals surface area contributed by atoms with Crippen molar-refractivity contribution in [1.82, 2.24) is 15.0 Å². The number of anilines is 1. The molecule has 1 N–H and O–H groups in total. The van der Waals surface area contributed by atoms with Gasteiger partial charge in [0.05, 0.1) is 11.3 Å². The number of carbonyl (C=O) groups is 1. The number of fused-ring (bicyclic) bond motifs is 1. The Balaban J connectivity index is 1.50. The van der Waals surface area contributed by atoms with Gasteiger partial charge in [-0.1, -0.05) is 23.7 Å². The van der Waals surface area contributed by atoms with Crippen molar-refractivity contribution < 1.29 is 18.0 Å². The van der Waals surface area contributed by atoms with E-state index >= 15 is 0 Å². The Hall–Kier alpha value is -3.82. The van der Waals surface area contributed by atoms with Crippen LogP contribution >= 0.6 is 22.9 Å². The third-order valence-corrected chi connectivity index (χ3v) is 6.65. The topological polar surface area (TPSA) is 67.8 Å². The lowest BCUT2D eigenvalue weighted by Crippen LogP contribution is -2.16. The first-order chi connectivity index (χ1) is 16.8. The zero-order valence-electron chi connectivity index (χ0n) is 17.9. The van der Waals surface area contributed by atoms with E-state index in [0.717, 1.165) is 27.6 Å². The minimum atomic E-state index is -1.32. The van der Waals surface area contributed by atoms with Crippen molar-refractivity contribution in [3.05, 3.63) is 94.8 Å². The molecule has 0 saturated carbocycles. The normalized spacial score (nSPS) is 11.1. The third-order valence-electron chi connectivity index (χ3n) is 5.35. The molecule has 5 nitrogen and oxygen atoms in total. The van der Waals surface area contributed by atoms with Gasteiger partial charge in [-0.25, -0.2) is 28.1 Å². The summed E-state index contributed by atoms with van der Waals surface area (Å²) in [7, 11) is 0. The number of benzene rings is 2. The summed E-state index contributed by atoms with van der Waals surface area (Å²) >= 11 is 7.50. The molecule has 0 aliphatic heterocycles. The molecule has 5 aromatic rings. The second-order valence-electron chi connectivity index (χ2n) is 7.61. The maximum atomic E-state index is 14.4. The van der Waals surface area contributed by atoms with Crippen molar-refractivity contribution in [3.8, 4) is 21.7 Å². The molecule has 0 saturated heterocycles. The molecule has 0 spiro atoms. The van der Waals surface area contributed by atoms with E-state index in [-0.39, 0.29) is 0 Å². The summed E-state index contributed by atoms with van der Waals surface area (Å²) in [5.41, 5.74) is 1.38. The molecule has 174 valence electrons. The molecule has 3 heterocycles. The lowest BCUT2D eigenvalue weighted by atomic mass is 10.1. The molecular formula is C25H14ClF3N4OS. The van der Waals surface area contributed by atoms with Gasteiger partial charge >= 0.3 is 0 Å². The molecule has 5 rings (SSSR count). The largest absolute Gasteiger partial charge is 0.322 e. The number of hydrogen-bond donors (Lipinski definition) is 1. The second kappa shape index (κ2) is 9.09. The van der Waals surface area contributed by atoms with Gasteiger partial charge in [0, 0.05) is 33.3 Å². The van der Waals surface area contributed by atoms with Gasteiger partial charge < -0.3 is 5.32 Å². The number of amides is 1. The first-order valence-electron chi connectivity index (χ1n) is 10.2. The molecule has 10 heteroatoms. The van der Waals surface area contributed by atoms with Gasteiger partial charge in [0.2, 0.25) is 0 Å². The monoisotopic (exact) mass is 510 g/mol. The minimum Gasteiger partial charge on any atom is -0.322 e. The lowest BCUT2D eigenvalue weighted by Gasteiger charge is -2.10. The molecule has 0 radical (unpaired) electrons. The number of nitrogens with zero attached hydrogens (tertiary/aromatic N) is 3. The smallest absolute Gasteiger partial charge is 0.258 e. The number of thiophene rings is 1. The van der Waals surface area contributed by atoms with Gasteiger partial charge in [0.25, 0.3) is 5.91 Å². The highest BCUT2D eigenvalue weighted by molar-refractivity contribution is 7.21. The first kappa shape index (κ1) is 22.9. The average Bonchev–Trinajstić information content (AvgIpc) is 3.30. The predicted molar refractivity (Wildman–Crippen MR) is 130 cm³/mol. The van der Waals surface area contributed by atoms with E-state index < -0.39 is 34.5 Å². The quantitative estimate of drug-likeness (QED) is 0.208. The Bertz CT molecular complexity index is 1620. The molecule has 0 aliphatic carbocycles. The van der Waals surface area contributed by atoms with Crippen molar-refractivity contribution in [2.24, 2.45) is 0 Å². The summed E-state index contributed by atoms with van der Waals surface area (Å²) in [6, 6.07) is 12.9. The highest BCUT2D eigenvalue weighted by Gasteiger charge is 2.21. The Morgan fingerprint density at radius 2 is 1.80 bits per heavy atom. The van der Waals surface area contributed by atoms with E-state index in [9.17, 15) is 18.0 Å². The molecule has 0 fully saturated rings. The summed E-state index contributed by atoms with van der Waals surface area (Å²) < 4.78 is 41.7. The molecule has 1 amide bonds. The van der Waals surface area contributed by atoms with Crippen LogP contribution in [0, 0.1) is 24.4 Å². The number of aromatic nitrogens is 3. The van der Waals surface area contributed by atoms with Gasteiger partial charge in [-0.3, -0.25) is 4.79 Å². The van der Waals surface area contributed by atoms with Crippen molar-refractivity contribution in [1.29, 1.82) is 0 Å². The fraction of sp³-hybridized carbons (Fsp3) is 0.0400. The summed E-state index contributed by atoms with van der Waals surface area (Å²) in [6.45, 7) is 1.07. The number of hydrogen-bond acceptors (Lipinski definition) is 5. The van der Waals surface area contributed by atoms with Crippen LogP contribution in [-0.2, 0) is 0 Å². The number of pyridine rings is 1. The van der Waals surface area contributed by atoms with Gasteiger partial charge in [-0.05, 0) is 48.9 Å². The van der Waals surface area contributed by atoms with E-state index in [1.165, 1.54) is 17.7 Å². The van der Waals surface area contributed by atoms with Crippen LogP contribution < -0.4 is 5.32 Å². The maximum absolute atomic E-state index is 14.4. The fourth-order valence-corrected chi connectivity index (χ4v) is 4.79. The van der Waals surface area contributed by atoms with Crippen LogP contribution in [0.25, 0.3) is 31.9 Å². The summed E-state index contributed by atoms with van der Waals surface area (Å²) in [6.07, 6.45) is 3.07. The van der Waals surface area contributed by atoms with E-state index in [2.05, 4.69) is 20.3 Å². The maximum Gasteiger partial charge on any atom is 0.258 e. The summed E-state index contributed by atoms with van der Waals surface area (Å²) in [5, 5.41) is 3.71. The molecule has 0 unspecified atom stereocenters. The Labute approximate surface area is 206 Å². The number of carbonyl (C=O) groups excluding carboxylic acids is 1. The predicted octanol–water partition coefficient (Wildman–Crippen LogP) is 7.05. The Morgan fingerprint density at radius 1 is 0.971 bits per heavy atom. The zero-order chi connectivity index (χ0) is 24.7. The molecule has 3 aromatic heterocycles. The van der Waals surface area contributed by atoms with Gasteiger partial charge in [-0.2, -0.15) is 0 Å². The minimum absolute atomic E-state index is 0.331. The van der Waals surface area contributed by atoms with Crippen LogP contribution in [0.5, 0.6) is 0 Å². The fourth-order valence-electron chi connectivity index (χ4n) is 3.62.